The molecule has 0 spiro atoms. The average molecular weight is 485 g/mol. The van der Waals surface area contributed by atoms with Crippen LogP contribution in [0, 0.1) is 0 Å². The van der Waals surface area contributed by atoms with E-state index in [0.29, 0.717) is 29.6 Å². The van der Waals surface area contributed by atoms with E-state index in [9.17, 15) is 4.79 Å². The number of aromatic nitrogens is 2. The van der Waals surface area contributed by atoms with E-state index in [1.165, 1.54) is 11.3 Å². The van der Waals surface area contributed by atoms with E-state index in [2.05, 4.69) is 20.4 Å². The number of hydrogen-bond donors (Lipinski definition) is 1. The highest BCUT2D eigenvalue weighted by Gasteiger charge is 2.33. The molecule has 9 nitrogen and oxygen atoms in total. The van der Waals surface area contributed by atoms with Crippen LogP contribution in [-0.4, -0.2) is 62.5 Å². The molecule has 0 fully saturated rings. The van der Waals surface area contributed by atoms with Gasteiger partial charge in [-0.1, -0.05) is 17.4 Å². The molecule has 4 rings (SSSR count). The Labute approximate surface area is 202 Å². The SMILES string of the molecule is COc1ccc(CC2c3c(OC)ccc(OC)c3CCN2CC(=O)Nc2nncs2)cc1OC. The van der Waals surface area contributed by atoms with Crippen LogP contribution in [0.1, 0.15) is 22.7 Å². The third kappa shape index (κ3) is 4.92. The monoisotopic (exact) mass is 484 g/mol. The fourth-order valence-electron chi connectivity index (χ4n) is 4.43. The Morgan fingerprint density at radius 2 is 1.74 bits per heavy atom. The standard InChI is InChI=1S/C24H28N4O5S/c1-30-18-7-8-20(32-3)23-16(18)9-10-28(13-22(29)26-24-27-25-14-34-24)17(23)11-15-5-6-19(31-2)21(12-15)33-4/h5-8,12,14,17H,9-11,13H2,1-4H3,(H,26,27,29). The van der Waals surface area contributed by atoms with Crippen molar-refractivity contribution in [3.8, 4) is 23.0 Å². The van der Waals surface area contributed by atoms with Crippen molar-refractivity contribution >= 4 is 22.4 Å². The Balaban J connectivity index is 1.70. The fraction of sp³-hybridized carbons (Fsp3) is 0.375. The minimum atomic E-state index is -0.139. The van der Waals surface area contributed by atoms with Gasteiger partial charge in [-0.15, -0.1) is 10.2 Å². The van der Waals surface area contributed by atoms with Crippen molar-refractivity contribution in [3.63, 3.8) is 0 Å². The number of nitrogens with one attached hydrogen (secondary N) is 1. The lowest BCUT2D eigenvalue weighted by molar-refractivity contribution is -0.118. The van der Waals surface area contributed by atoms with E-state index < -0.39 is 0 Å². The van der Waals surface area contributed by atoms with Gasteiger partial charge in [0, 0.05) is 23.7 Å². The van der Waals surface area contributed by atoms with Gasteiger partial charge in [-0.25, -0.2) is 0 Å². The molecule has 1 N–H and O–H groups in total. The molecular weight excluding hydrogens is 456 g/mol. The van der Waals surface area contributed by atoms with Gasteiger partial charge in [-0.2, -0.15) is 0 Å². The van der Waals surface area contributed by atoms with E-state index in [0.717, 1.165) is 34.6 Å². The normalized spacial score (nSPS) is 15.4. The topological polar surface area (TPSA) is 95.0 Å². The second-order valence-electron chi connectivity index (χ2n) is 7.78. The van der Waals surface area contributed by atoms with Gasteiger partial charge in [0.1, 0.15) is 17.0 Å². The molecule has 180 valence electrons. The minimum absolute atomic E-state index is 0.118. The molecular formula is C24H28N4O5S. The lowest BCUT2D eigenvalue weighted by Gasteiger charge is -2.38. The van der Waals surface area contributed by atoms with Crippen molar-refractivity contribution in [3.05, 3.63) is 52.5 Å². The number of benzene rings is 2. The zero-order valence-electron chi connectivity index (χ0n) is 19.7. The van der Waals surface area contributed by atoms with Gasteiger partial charge < -0.3 is 18.9 Å². The molecule has 3 aromatic rings. The van der Waals surface area contributed by atoms with Crippen LogP contribution in [0.15, 0.2) is 35.8 Å². The Bertz CT molecular complexity index is 1140. The molecule has 1 aliphatic heterocycles. The number of carbonyl (C=O) groups excluding carboxylic acids is 1. The van der Waals surface area contributed by atoms with Crippen LogP contribution in [0.4, 0.5) is 5.13 Å². The number of anilines is 1. The van der Waals surface area contributed by atoms with Crippen molar-refractivity contribution < 1.29 is 23.7 Å². The molecule has 1 atom stereocenters. The molecule has 1 amide bonds. The summed E-state index contributed by atoms with van der Waals surface area (Å²) in [6.07, 6.45) is 1.38. The van der Waals surface area contributed by atoms with Crippen molar-refractivity contribution in [1.29, 1.82) is 0 Å². The lowest BCUT2D eigenvalue weighted by atomic mass is 9.87. The third-order valence-corrected chi connectivity index (χ3v) is 6.57. The highest BCUT2D eigenvalue weighted by molar-refractivity contribution is 7.13. The minimum Gasteiger partial charge on any atom is -0.496 e. The van der Waals surface area contributed by atoms with E-state index in [1.807, 2.05) is 30.3 Å². The maximum Gasteiger partial charge on any atom is 0.240 e. The molecule has 10 heteroatoms. The number of amides is 1. The van der Waals surface area contributed by atoms with E-state index in [4.69, 9.17) is 18.9 Å². The Kier molecular flexibility index (Phi) is 7.49. The number of hydrogen-bond acceptors (Lipinski definition) is 9. The zero-order chi connectivity index (χ0) is 24.1. The largest absolute Gasteiger partial charge is 0.496 e. The maximum absolute atomic E-state index is 12.8. The van der Waals surface area contributed by atoms with Crippen LogP contribution in [0.2, 0.25) is 0 Å². The number of fused-ring (bicyclic) bond motifs is 1. The first kappa shape index (κ1) is 23.8. The van der Waals surface area contributed by atoms with Crippen LogP contribution < -0.4 is 24.3 Å². The second kappa shape index (κ2) is 10.7. The van der Waals surface area contributed by atoms with Crippen LogP contribution in [-0.2, 0) is 17.6 Å². The second-order valence-corrected chi connectivity index (χ2v) is 8.62. The zero-order valence-corrected chi connectivity index (χ0v) is 20.5. The summed E-state index contributed by atoms with van der Waals surface area (Å²) in [5, 5.41) is 11.0. The molecule has 1 unspecified atom stereocenters. The molecule has 0 aliphatic carbocycles. The van der Waals surface area contributed by atoms with Gasteiger partial charge in [0.25, 0.3) is 0 Å². The molecule has 0 saturated heterocycles. The molecule has 0 bridgehead atoms. The molecule has 34 heavy (non-hydrogen) atoms. The van der Waals surface area contributed by atoms with Crippen molar-refractivity contribution in [1.82, 2.24) is 15.1 Å². The predicted molar refractivity (Wildman–Crippen MR) is 129 cm³/mol. The van der Waals surface area contributed by atoms with Crippen LogP contribution >= 0.6 is 11.3 Å². The maximum atomic E-state index is 12.8. The summed E-state index contributed by atoms with van der Waals surface area (Å²) in [7, 11) is 6.57. The van der Waals surface area contributed by atoms with Gasteiger partial charge in [0.2, 0.25) is 11.0 Å². The average Bonchev–Trinajstić information content (AvgIpc) is 3.37. The Hall–Kier alpha value is -3.37. The van der Waals surface area contributed by atoms with Crippen LogP contribution in [0.25, 0.3) is 0 Å². The summed E-state index contributed by atoms with van der Waals surface area (Å²) in [6, 6.07) is 9.62. The first-order valence-corrected chi connectivity index (χ1v) is 11.7. The van der Waals surface area contributed by atoms with Gasteiger partial charge in [-0.3, -0.25) is 15.0 Å². The summed E-state index contributed by atoms with van der Waals surface area (Å²) in [6.45, 7) is 0.898. The summed E-state index contributed by atoms with van der Waals surface area (Å²) < 4.78 is 22.3. The van der Waals surface area contributed by atoms with E-state index in [1.54, 1.807) is 33.9 Å². The Morgan fingerprint density at radius 3 is 2.41 bits per heavy atom. The van der Waals surface area contributed by atoms with Crippen molar-refractivity contribution in [2.24, 2.45) is 0 Å². The number of methoxy groups -OCH3 is 4. The molecule has 1 aromatic heterocycles. The quantitative estimate of drug-likeness (QED) is 0.494. The van der Waals surface area contributed by atoms with Gasteiger partial charge in [0.15, 0.2) is 11.5 Å². The molecule has 0 saturated carbocycles. The highest BCUT2D eigenvalue weighted by atomic mass is 32.1. The van der Waals surface area contributed by atoms with Gasteiger partial charge >= 0.3 is 0 Å². The summed E-state index contributed by atoms with van der Waals surface area (Å²) in [5.74, 6) is 2.79. The van der Waals surface area contributed by atoms with Crippen LogP contribution in [0.3, 0.4) is 0 Å². The van der Waals surface area contributed by atoms with Gasteiger partial charge in [-0.05, 0) is 42.7 Å². The number of rotatable bonds is 9. The predicted octanol–water partition coefficient (Wildman–Crippen LogP) is 3.35. The van der Waals surface area contributed by atoms with E-state index >= 15 is 0 Å². The third-order valence-electron chi connectivity index (χ3n) is 5.97. The summed E-state index contributed by atoms with van der Waals surface area (Å²) in [5.41, 5.74) is 4.78. The molecule has 2 heterocycles. The summed E-state index contributed by atoms with van der Waals surface area (Å²) in [4.78, 5) is 15.0. The number of carbonyl (C=O) groups is 1. The van der Waals surface area contributed by atoms with Crippen molar-refractivity contribution in [2.45, 2.75) is 18.9 Å². The fourth-order valence-corrected chi connectivity index (χ4v) is 4.89. The summed E-state index contributed by atoms with van der Waals surface area (Å²) >= 11 is 1.29. The molecule has 2 aromatic carbocycles. The Morgan fingerprint density at radius 1 is 1.03 bits per heavy atom. The van der Waals surface area contributed by atoms with Gasteiger partial charge in [0.05, 0.1) is 35.0 Å². The highest BCUT2D eigenvalue weighted by Crippen LogP contribution is 2.43. The van der Waals surface area contributed by atoms with E-state index in [-0.39, 0.29) is 18.5 Å². The molecule has 0 radical (unpaired) electrons. The number of ether oxygens (including phenoxy) is 4. The smallest absolute Gasteiger partial charge is 0.240 e. The lowest BCUT2D eigenvalue weighted by Crippen LogP contribution is -2.41. The molecule has 1 aliphatic rings. The van der Waals surface area contributed by atoms with Crippen LogP contribution in [0.5, 0.6) is 23.0 Å². The first-order valence-electron chi connectivity index (χ1n) is 10.8. The van der Waals surface area contributed by atoms with Crippen molar-refractivity contribution in [2.75, 3.05) is 46.8 Å². The number of nitrogens with zero attached hydrogens (tertiary/aromatic N) is 3. The first-order chi connectivity index (χ1) is 16.6.